The van der Waals surface area contributed by atoms with E-state index in [0.29, 0.717) is 5.56 Å². The lowest BCUT2D eigenvalue weighted by molar-refractivity contribution is -0.757. The Hall–Kier alpha value is -1.63. The minimum absolute atomic E-state index is 0.121. The van der Waals surface area contributed by atoms with Crippen LogP contribution in [0.2, 0.25) is 0 Å². The van der Waals surface area contributed by atoms with Gasteiger partial charge in [0.1, 0.15) is 6.61 Å². The minimum atomic E-state index is -0.892. The highest BCUT2D eigenvalue weighted by molar-refractivity contribution is 7.08. The topological polar surface area (TPSA) is 81.5 Å². The molecule has 0 aromatic carbocycles. The summed E-state index contributed by atoms with van der Waals surface area (Å²) in [5, 5.41) is 14.8. The molecule has 0 aliphatic rings. The van der Waals surface area contributed by atoms with Crippen LogP contribution in [0.25, 0.3) is 0 Å². The van der Waals surface area contributed by atoms with Gasteiger partial charge in [0, 0.05) is 17.5 Å². The van der Waals surface area contributed by atoms with Crippen LogP contribution in [0.4, 0.5) is 0 Å². The van der Waals surface area contributed by atoms with Crippen LogP contribution in [0.5, 0.6) is 0 Å². The van der Waals surface area contributed by atoms with E-state index in [-0.39, 0.29) is 19.1 Å². The maximum atomic E-state index is 11.2. The number of amides is 1. The third-order valence-electron chi connectivity index (χ3n) is 1.37. The van der Waals surface area contributed by atoms with Crippen LogP contribution >= 0.6 is 11.3 Å². The van der Waals surface area contributed by atoms with Gasteiger partial charge < -0.3 is 10.2 Å². The third-order valence-corrected chi connectivity index (χ3v) is 2.05. The normalized spacial score (nSPS) is 9.43. The fraction of sp³-hybridized carbons (Fsp3) is 0.286. The summed E-state index contributed by atoms with van der Waals surface area (Å²) in [6, 6.07) is 1.67. The molecule has 0 fully saturated rings. The van der Waals surface area contributed by atoms with Crippen molar-refractivity contribution in [2.75, 3.05) is 13.2 Å². The number of carbonyl (C=O) groups is 1. The molecule has 0 bridgehead atoms. The fourth-order valence-electron chi connectivity index (χ4n) is 0.780. The van der Waals surface area contributed by atoms with Crippen LogP contribution in [0.15, 0.2) is 16.8 Å². The van der Waals surface area contributed by atoms with E-state index < -0.39 is 5.09 Å². The van der Waals surface area contributed by atoms with Gasteiger partial charge in [-0.05, 0) is 11.4 Å². The van der Waals surface area contributed by atoms with Crippen molar-refractivity contribution in [2.24, 2.45) is 0 Å². The average molecular weight is 216 g/mol. The molecule has 1 N–H and O–H groups in total. The van der Waals surface area contributed by atoms with Crippen molar-refractivity contribution in [3.05, 3.63) is 32.5 Å². The lowest BCUT2D eigenvalue weighted by Crippen LogP contribution is -2.27. The summed E-state index contributed by atoms with van der Waals surface area (Å²) in [5.74, 6) is -0.252. The molecule has 0 saturated carbocycles. The predicted octanol–water partition coefficient (Wildman–Crippen LogP) is 0.686. The quantitative estimate of drug-likeness (QED) is 0.446. The molecule has 14 heavy (non-hydrogen) atoms. The van der Waals surface area contributed by atoms with Gasteiger partial charge in [-0.2, -0.15) is 11.3 Å². The minimum Gasteiger partial charge on any atom is -0.350 e. The number of nitrogens with zero attached hydrogens (tertiary/aromatic N) is 1. The highest BCUT2D eigenvalue weighted by atomic mass is 32.1. The molecule has 6 nitrogen and oxygen atoms in total. The third kappa shape index (κ3) is 3.40. The Morgan fingerprint density at radius 1 is 1.71 bits per heavy atom. The SMILES string of the molecule is O=C(NCCO[N+](=O)[O-])c1ccsc1. The number of hydrogen-bond donors (Lipinski definition) is 1. The van der Waals surface area contributed by atoms with Crippen molar-refractivity contribution in [1.29, 1.82) is 0 Å². The van der Waals surface area contributed by atoms with E-state index in [1.165, 1.54) is 11.3 Å². The highest BCUT2D eigenvalue weighted by Crippen LogP contribution is 2.04. The molecule has 1 amide bonds. The second-order valence-corrected chi connectivity index (χ2v) is 3.10. The molecule has 7 heteroatoms. The monoisotopic (exact) mass is 216 g/mol. The molecule has 0 unspecified atom stereocenters. The summed E-state index contributed by atoms with van der Waals surface area (Å²) in [6.45, 7) is -0.0153. The Bertz CT molecular complexity index is 311. The molecule has 1 aromatic rings. The standard InChI is InChI=1S/C7H8N2O4S/c10-7(6-1-4-14-5-6)8-2-3-13-9(11)12/h1,4-5H,2-3H2,(H,8,10). The van der Waals surface area contributed by atoms with Gasteiger partial charge in [-0.15, -0.1) is 10.1 Å². The average Bonchev–Trinajstić information content (AvgIpc) is 2.64. The Kier molecular flexibility index (Phi) is 3.86. The van der Waals surface area contributed by atoms with Gasteiger partial charge in [0.2, 0.25) is 0 Å². The maximum absolute atomic E-state index is 11.2. The van der Waals surface area contributed by atoms with Crippen molar-refractivity contribution in [1.82, 2.24) is 5.32 Å². The van der Waals surface area contributed by atoms with E-state index >= 15 is 0 Å². The van der Waals surface area contributed by atoms with Crippen molar-refractivity contribution < 1.29 is 14.7 Å². The molecule has 1 rings (SSSR count). The molecular formula is C7H8N2O4S. The number of carbonyl (C=O) groups excluding carboxylic acids is 1. The number of rotatable bonds is 5. The Labute approximate surface area is 83.6 Å². The van der Waals surface area contributed by atoms with E-state index in [4.69, 9.17) is 0 Å². The second kappa shape index (κ2) is 5.18. The van der Waals surface area contributed by atoms with E-state index in [9.17, 15) is 14.9 Å². The largest absolute Gasteiger partial charge is 0.350 e. The van der Waals surface area contributed by atoms with Crippen LogP contribution in [-0.4, -0.2) is 24.1 Å². The van der Waals surface area contributed by atoms with Crippen molar-refractivity contribution in [3.63, 3.8) is 0 Å². The number of nitrogens with one attached hydrogen (secondary N) is 1. The van der Waals surface area contributed by atoms with Crippen LogP contribution in [0, 0.1) is 10.1 Å². The second-order valence-electron chi connectivity index (χ2n) is 2.32. The van der Waals surface area contributed by atoms with Crippen molar-refractivity contribution >= 4 is 17.2 Å². The summed E-state index contributed by atoms with van der Waals surface area (Å²) in [6.07, 6.45) is 0. The molecule has 1 aromatic heterocycles. The molecule has 0 atom stereocenters. The van der Waals surface area contributed by atoms with Gasteiger partial charge in [-0.25, -0.2) is 0 Å². The summed E-state index contributed by atoms with van der Waals surface area (Å²) >= 11 is 1.41. The van der Waals surface area contributed by atoms with Crippen LogP contribution in [0.1, 0.15) is 10.4 Å². The number of hydrogen-bond acceptors (Lipinski definition) is 5. The Morgan fingerprint density at radius 3 is 3.07 bits per heavy atom. The molecule has 0 aliphatic carbocycles. The van der Waals surface area contributed by atoms with Gasteiger partial charge in [0.05, 0.1) is 0 Å². The van der Waals surface area contributed by atoms with Crippen LogP contribution in [0.3, 0.4) is 0 Å². The summed E-state index contributed by atoms with van der Waals surface area (Å²) in [5.41, 5.74) is 0.552. The molecule has 1 heterocycles. The first-order chi connectivity index (χ1) is 6.70. The summed E-state index contributed by atoms with van der Waals surface area (Å²) < 4.78 is 0. The lowest BCUT2D eigenvalue weighted by Gasteiger charge is -2.01. The van der Waals surface area contributed by atoms with Gasteiger partial charge in [0.25, 0.3) is 11.0 Å². The van der Waals surface area contributed by atoms with E-state index in [1.807, 2.05) is 0 Å². The first-order valence-corrected chi connectivity index (χ1v) is 4.72. The van der Waals surface area contributed by atoms with Crippen molar-refractivity contribution in [2.45, 2.75) is 0 Å². The van der Waals surface area contributed by atoms with Gasteiger partial charge in [-0.1, -0.05) is 0 Å². The van der Waals surface area contributed by atoms with Crippen molar-refractivity contribution in [3.8, 4) is 0 Å². The predicted molar refractivity (Wildman–Crippen MR) is 49.6 cm³/mol. The van der Waals surface area contributed by atoms with E-state index in [0.717, 1.165) is 0 Å². The Balaban J connectivity index is 2.19. The lowest BCUT2D eigenvalue weighted by atomic mass is 10.3. The summed E-state index contributed by atoms with van der Waals surface area (Å²) in [4.78, 5) is 25.0. The van der Waals surface area contributed by atoms with Gasteiger partial charge in [-0.3, -0.25) is 4.79 Å². The fourth-order valence-corrected chi connectivity index (χ4v) is 1.42. The zero-order valence-corrected chi connectivity index (χ0v) is 7.95. The molecule has 76 valence electrons. The van der Waals surface area contributed by atoms with E-state index in [1.54, 1.807) is 16.8 Å². The molecule has 0 saturated heterocycles. The molecule has 0 spiro atoms. The van der Waals surface area contributed by atoms with E-state index in [2.05, 4.69) is 10.2 Å². The highest BCUT2D eigenvalue weighted by Gasteiger charge is 2.04. The van der Waals surface area contributed by atoms with Crippen LogP contribution < -0.4 is 5.32 Å². The summed E-state index contributed by atoms with van der Waals surface area (Å²) in [7, 11) is 0. The Morgan fingerprint density at radius 2 is 2.50 bits per heavy atom. The molecule has 0 aliphatic heterocycles. The number of thiophene rings is 1. The first-order valence-electron chi connectivity index (χ1n) is 3.78. The first kappa shape index (κ1) is 10.5. The smallest absolute Gasteiger partial charge is 0.294 e. The van der Waals surface area contributed by atoms with Gasteiger partial charge in [0.15, 0.2) is 0 Å². The van der Waals surface area contributed by atoms with Gasteiger partial charge >= 0.3 is 0 Å². The molecular weight excluding hydrogens is 208 g/mol. The zero-order valence-electron chi connectivity index (χ0n) is 7.13. The molecule has 0 radical (unpaired) electrons. The zero-order chi connectivity index (χ0) is 10.4. The maximum Gasteiger partial charge on any atom is 0.294 e. The van der Waals surface area contributed by atoms with Crippen LogP contribution in [-0.2, 0) is 4.84 Å².